The topological polar surface area (TPSA) is 69.6 Å². The number of urea groups is 1. The van der Waals surface area contributed by atoms with E-state index in [4.69, 9.17) is 0 Å². The minimum Gasteiger partial charge on any atom is -0.386 e. The largest absolute Gasteiger partial charge is 0.386 e. The van der Waals surface area contributed by atoms with E-state index in [1.807, 2.05) is 0 Å². The van der Waals surface area contributed by atoms with Crippen LogP contribution < -0.4 is 5.32 Å². The molecule has 2 fully saturated rings. The van der Waals surface area contributed by atoms with Crippen LogP contribution in [0.5, 0.6) is 0 Å². The second-order valence-electron chi connectivity index (χ2n) is 5.80. The SMILES string of the molecule is CC(=O)c1ccc(NC(=O)N2CC(O)(C3CC3)C2)cc1. The summed E-state index contributed by atoms with van der Waals surface area (Å²) >= 11 is 0. The zero-order valence-electron chi connectivity index (χ0n) is 11.4. The molecule has 1 heterocycles. The van der Waals surface area contributed by atoms with Gasteiger partial charge in [0.25, 0.3) is 0 Å². The first-order valence-corrected chi connectivity index (χ1v) is 6.87. The number of nitrogens with zero attached hydrogens (tertiary/aromatic N) is 1. The number of carbonyl (C=O) groups excluding carboxylic acids is 2. The highest BCUT2D eigenvalue weighted by Crippen LogP contribution is 2.44. The van der Waals surface area contributed by atoms with Crippen molar-refractivity contribution in [3.05, 3.63) is 29.8 Å². The normalized spacial score (nSPS) is 20.2. The van der Waals surface area contributed by atoms with E-state index in [1.165, 1.54) is 6.92 Å². The molecule has 0 aromatic heterocycles. The Hall–Kier alpha value is -1.88. The fourth-order valence-electron chi connectivity index (χ4n) is 2.63. The van der Waals surface area contributed by atoms with Crippen molar-refractivity contribution in [2.75, 3.05) is 18.4 Å². The molecular weight excluding hydrogens is 256 g/mol. The zero-order valence-corrected chi connectivity index (χ0v) is 11.4. The number of rotatable bonds is 3. The molecule has 2 N–H and O–H groups in total. The zero-order chi connectivity index (χ0) is 14.3. The molecule has 5 heteroatoms. The van der Waals surface area contributed by atoms with Crippen LogP contribution in [0.1, 0.15) is 30.1 Å². The van der Waals surface area contributed by atoms with Gasteiger partial charge in [0.2, 0.25) is 0 Å². The Morgan fingerprint density at radius 2 is 1.85 bits per heavy atom. The number of carbonyl (C=O) groups is 2. The Balaban J connectivity index is 1.55. The molecule has 1 aliphatic heterocycles. The first-order valence-electron chi connectivity index (χ1n) is 6.87. The van der Waals surface area contributed by atoms with Crippen LogP contribution in [0.15, 0.2) is 24.3 Å². The molecule has 20 heavy (non-hydrogen) atoms. The van der Waals surface area contributed by atoms with Crippen molar-refractivity contribution in [3.8, 4) is 0 Å². The number of ketones is 1. The lowest BCUT2D eigenvalue weighted by atomic mass is 9.89. The first kappa shape index (κ1) is 13.1. The van der Waals surface area contributed by atoms with Crippen LogP contribution in [0.2, 0.25) is 0 Å². The number of aliphatic hydroxyl groups is 1. The van der Waals surface area contributed by atoms with Gasteiger partial charge < -0.3 is 15.3 Å². The average molecular weight is 274 g/mol. The Kier molecular flexibility index (Phi) is 3.01. The van der Waals surface area contributed by atoms with Crippen LogP contribution in [-0.4, -0.2) is 40.5 Å². The third-order valence-corrected chi connectivity index (χ3v) is 4.10. The highest BCUT2D eigenvalue weighted by molar-refractivity contribution is 5.95. The number of likely N-dealkylation sites (tertiary alicyclic amines) is 1. The van der Waals surface area contributed by atoms with Crippen molar-refractivity contribution < 1.29 is 14.7 Å². The van der Waals surface area contributed by atoms with Gasteiger partial charge in [0.15, 0.2) is 5.78 Å². The average Bonchev–Trinajstić information content (AvgIpc) is 3.20. The van der Waals surface area contributed by atoms with Gasteiger partial charge in [-0.2, -0.15) is 0 Å². The van der Waals surface area contributed by atoms with Crippen molar-refractivity contribution in [1.82, 2.24) is 4.90 Å². The maximum atomic E-state index is 12.0. The molecule has 106 valence electrons. The summed E-state index contributed by atoms with van der Waals surface area (Å²) in [6, 6.07) is 6.59. The van der Waals surface area contributed by atoms with E-state index < -0.39 is 5.60 Å². The summed E-state index contributed by atoms with van der Waals surface area (Å²) in [5, 5.41) is 12.9. The first-order chi connectivity index (χ1) is 9.48. The van der Waals surface area contributed by atoms with Crippen molar-refractivity contribution in [2.45, 2.75) is 25.4 Å². The van der Waals surface area contributed by atoms with E-state index in [0.29, 0.717) is 30.3 Å². The second kappa shape index (κ2) is 4.59. The quantitative estimate of drug-likeness (QED) is 0.827. The molecule has 0 unspecified atom stereocenters. The van der Waals surface area contributed by atoms with Crippen molar-refractivity contribution in [2.24, 2.45) is 5.92 Å². The molecule has 1 aromatic carbocycles. The number of benzene rings is 1. The van der Waals surface area contributed by atoms with Gasteiger partial charge in [-0.1, -0.05) is 0 Å². The Bertz CT molecular complexity index is 543. The van der Waals surface area contributed by atoms with Gasteiger partial charge in [-0.25, -0.2) is 4.79 Å². The highest BCUT2D eigenvalue weighted by Gasteiger charge is 2.53. The smallest absolute Gasteiger partial charge is 0.322 e. The van der Waals surface area contributed by atoms with E-state index in [9.17, 15) is 14.7 Å². The molecule has 0 atom stereocenters. The van der Waals surface area contributed by atoms with Gasteiger partial charge in [0.1, 0.15) is 5.60 Å². The van der Waals surface area contributed by atoms with Crippen LogP contribution in [0.3, 0.4) is 0 Å². The third-order valence-electron chi connectivity index (χ3n) is 4.10. The number of amides is 2. The van der Waals surface area contributed by atoms with E-state index in [0.717, 1.165) is 12.8 Å². The van der Waals surface area contributed by atoms with Gasteiger partial charge in [0, 0.05) is 11.3 Å². The summed E-state index contributed by atoms with van der Waals surface area (Å²) in [5.41, 5.74) is 0.618. The van der Waals surface area contributed by atoms with Crippen LogP contribution in [0, 0.1) is 5.92 Å². The number of β-amino-alcohol motifs (C(OH)–C–C–N with tert-alkyl or cyclic N) is 1. The fraction of sp³-hybridized carbons (Fsp3) is 0.467. The predicted molar refractivity (Wildman–Crippen MR) is 74.7 cm³/mol. The fourth-order valence-corrected chi connectivity index (χ4v) is 2.63. The lowest BCUT2D eigenvalue weighted by molar-refractivity contribution is -0.0897. The summed E-state index contributed by atoms with van der Waals surface area (Å²) in [6.45, 7) is 2.33. The van der Waals surface area contributed by atoms with Crippen LogP contribution >= 0.6 is 0 Å². The predicted octanol–water partition coefficient (Wildman–Crippen LogP) is 1.88. The highest BCUT2D eigenvalue weighted by atomic mass is 16.3. The lowest BCUT2D eigenvalue weighted by Gasteiger charge is -2.46. The Labute approximate surface area is 117 Å². The maximum absolute atomic E-state index is 12.0. The number of anilines is 1. The molecule has 1 saturated heterocycles. The molecule has 2 amide bonds. The Morgan fingerprint density at radius 1 is 1.25 bits per heavy atom. The van der Waals surface area contributed by atoms with Crippen LogP contribution in [0.25, 0.3) is 0 Å². The molecule has 5 nitrogen and oxygen atoms in total. The van der Waals surface area contributed by atoms with Crippen LogP contribution in [-0.2, 0) is 0 Å². The second-order valence-corrected chi connectivity index (χ2v) is 5.80. The lowest BCUT2D eigenvalue weighted by Crippen LogP contribution is -2.65. The summed E-state index contributed by atoms with van der Waals surface area (Å²) in [7, 11) is 0. The summed E-state index contributed by atoms with van der Waals surface area (Å²) < 4.78 is 0. The maximum Gasteiger partial charge on any atom is 0.322 e. The molecule has 1 aliphatic carbocycles. The van der Waals surface area contributed by atoms with Crippen LogP contribution in [0.4, 0.5) is 10.5 Å². The summed E-state index contributed by atoms with van der Waals surface area (Å²) in [6.07, 6.45) is 2.14. The van der Waals surface area contributed by atoms with Gasteiger partial charge in [-0.15, -0.1) is 0 Å². The third kappa shape index (κ3) is 2.41. The van der Waals surface area contributed by atoms with E-state index in [-0.39, 0.29) is 11.8 Å². The molecule has 0 spiro atoms. The molecule has 1 aromatic rings. The van der Waals surface area contributed by atoms with Gasteiger partial charge in [-0.05, 0) is 49.9 Å². The molecule has 0 radical (unpaired) electrons. The summed E-state index contributed by atoms with van der Waals surface area (Å²) in [5.74, 6) is 0.376. The monoisotopic (exact) mass is 274 g/mol. The number of hydrogen-bond acceptors (Lipinski definition) is 3. The Morgan fingerprint density at radius 3 is 2.35 bits per heavy atom. The minimum atomic E-state index is -0.657. The van der Waals surface area contributed by atoms with E-state index in [1.54, 1.807) is 29.2 Å². The van der Waals surface area contributed by atoms with E-state index in [2.05, 4.69) is 5.32 Å². The molecule has 1 saturated carbocycles. The minimum absolute atomic E-state index is 0.000108. The standard InChI is InChI=1S/C15H18N2O3/c1-10(18)11-2-6-13(7-3-11)16-14(19)17-8-15(20,9-17)12-4-5-12/h2-3,6-7,12,20H,4-5,8-9H2,1H3,(H,16,19). The summed E-state index contributed by atoms with van der Waals surface area (Å²) in [4.78, 5) is 24.7. The number of Topliss-reactive ketones (excluding diaryl/α,β-unsaturated/α-hetero) is 1. The molecule has 2 aliphatic rings. The van der Waals surface area contributed by atoms with E-state index >= 15 is 0 Å². The van der Waals surface area contributed by atoms with Gasteiger partial charge >= 0.3 is 6.03 Å². The van der Waals surface area contributed by atoms with Crippen molar-refractivity contribution in [3.63, 3.8) is 0 Å². The number of nitrogens with one attached hydrogen (secondary N) is 1. The molecular formula is C15H18N2O3. The number of hydrogen-bond donors (Lipinski definition) is 2. The van der Waals surface area contributed by atoms with Crippen molar-refractivity contribution in [1.29, 1.82) is 0 Å². The molecule has 3 rings (SSSR count). The van der Waals surface area contributed by atoms with Gasteiger partial charge in [0.05, 0.1) is 13.1 Å². The molecule has 0 bridgehead atoms. The van der Waals surface area contributed by atoms with Crippen molar-refractivity contribution >= 4 is 17.5 Å². The van der Waals surface area contributed by atoms with Gasteiger partial charge in [-0.3, -0.25) is 4.79 Å².